The summed E-state index contributed by atoms with van der Waals surface area (Å²) in [4.78, 5) is 25.0. The molecule has 0 aromatic heterocycles. The Morgan fingerprint density at radius 2 is 2.03 bits per heavy atom. The number of nitrogens with one attached hydrogen (secondary N) is 2. The van der Waals surface area contributed by atoms with E-state index in [4.69, 9.17) is 4.74 Å². The van der Waals surface area contributed by atoms with Gasteiger partial charge in [-0.05, 0) is 56.4 Å². The minimum absolute atomic E-state index is 0.118. The summed E-state index contributed by atoms with van der Waals surface area (Å²) in [5.41, 5.74) is 2.77. The maximum absolute atomic E-state index is 13.5. The van der Waals surface area contributed by atoms with Crippen LogP contribution in [0.2, 0.25) is 0 Å². The van der Waals surface area contributed by atoms with Crippen molar-refractivity contribution in [1.29, 1.82) is 0 Å². The lowest BCUT2D eigenvalue weighted by Crippen LogP contribution is -2.44. The van der Waals surface area contributed by atoms with Gasteiger partial charge in [0, 0.05) is 24.8 Å². The highest BCUT2D eigenvalue weighted by molar-refractivity contribution is 7.89. The zero-order valence-electron chi connectivity index (χ0n) is 19.1. The van der Waals surface area contributed by atoms with Gasteiger partial charge >= 0.3 is 0 Å². The number of piperidine rings is 1. The van der Waals surface area contributed by atoms with Crippen molar-refractivity contribution in [3.05, 3.63) is 47.5 Å². The van der Waals surface area contributed by atoms with Crippen molar-refractivity contribution in [3.63, 3.8) is 0 Å². The molecule has 2 N–H and O–H groups in total. The first-order valence-electron chi connectivity index (χ1n) is 11.2. The predicted molar refractivity (Wildman–Crippen MR) is 126 cm³/mol. The van der Waals surface area contributed by atoms with Gasteiger partial charge in [0.2, 0.25) is 15.9 Å². The zero-order valence-corrected chi connectivity index (χ0v) is 19.9. The molecule has 2 atom stereocenters. The van der Waals surface area contributed by atoms with Crippen molar-refractivity contribution in [2.75, 3.05) is 23.7 Å². The molecule has 2 aliphatic rings. The fourth-order valence-corrected chi connectivity index (χ4v) is 6.07. The van der Waals surface area contributed by atoms with Crippen LogP contribution in [0.15, 0.2) is 41.3 Å². The molecule has 0 unspecified atom stereocenters. The molecule has 2 aliphatic heterocycles. The van der Waals surface area contributed by atoms with Crippen LogP contribution in [0.3, 0.4) is 0 Å². The quantitative estimate of drug-likeness (QED) is 0.696. The number of sulfonamides is 1. The van der Waals surface area contributed by atoms with Gasteiger partial charge in [0.25, 0.3) is 5.91 Å². The van der Waals surface area contributed by atoms with E-state index in [9.17, 15) is 18.0 Å². The van der Waals surface area contributed by atoms with E-state index >= 15 is 0 Å². The number of hydrogen-bond acceptors (Lipinski definition) is 5. The highest BCUT2D eigenvalue weighted by Gasteiger charge is 2.35. The van der Waals surface area contributed by atoms with Crippen molar-refractivity contribution in [3.8, 4) is 5.75 Å². The average Bonchev–Trinajstić information content (AvgIpc) is 2.80. The molecule has 2 aromatic carbocycles. The lowest BCUT2D eigenvalue weighted by molar-refractivity contribution is -0.123. The van der Waals surface area contributed by atoms with Gasteiger partial charge in [-0.15, -0.1) is 0 Å². The Labute approximate surface area is 194 Å². The molecule has 0 radical (unpaired) electrons. The van der Waals surface area contributed by atoms with Crippen LogP contribution in [-0.4, -0.2) is 43.7 Å². The summed E-state index contributed by atoms with van der Waals surface area (Å²) in [6, 6.07) is 10.7. The largest absolute Gasteiger partial charge is 0.479 e. The number of carbonyl (C=O) groups excluding carboxylic acids is 2. The van der Waals surface area contributed by atoms with Crippen molar-refractivity contribution in [1.82, 2.24) is 4.31 Å². The number of hydrogen-bond donors (Lipinski definition) is 2. The lowest BCUT2D eigenvalue weighted by Gasteiger charge is -2.32. The van der Waals surface area contributed by atoms with Crippen LogP contribution in [-0.2, 0) is 26.0 Å². The summed E-state index contributed by atoms with van der Waals surface area (Å²) in [6.45, 7) is 5.79. The Morgan fingerprint density at radius 3 is 2.79 bits per heavy atom. The van der Waals surface area contributed by atoms with Crippen molar-refractivity contribution >= 4 is 33.2 Å². The molecule has 8 nitrogen and oxygen atoms in total. The molecule has 1 fully saturated rings. The molecule has 2 amide bonds. The number of carbonyl (C=O) groups is 2. The number of benzene rings is 2. The summed E-state index contributed by atoms with van der Waals surface area (Å²) < 4.78 is 34.0. The monoisotopic (exact) mass is 471 g/mol. The van der Waals surface area contributed by atoms with Gasteiger partial charge in [-0.25, -0.2) is 8.42 Å². The molecule has 9 heteroatoms. The Balaban J connectivity index is 1.55. The van der Waals surface area contributed by atoms with Crippen LogP contribution < -0.4 is 15.4 Å². The predicted octanol–water partition coefficient (Wildman–Crippen LogP) is 3.32. The molecular weight excluding hydrogens is 442 g/mol. The minimum Gasteiger partial charge on any atom is -0.479 e. The molecule has 0 spiro atoms. The second-order valence-corrected chi connectivity index (χ2v) is 10.5. The van der Waals surface area contributed by atoms with Crippen molar-refractivity contribution in [2.45, 2.75) is 51.0 Å². The summed E-state index contributed by atoms with van der Waals surface area (Å²) in [5.74, 6) is -0.550. The van der Waals surface area contributed by atoms with Crippen molar-refractivity contribution < 1.29 is 22.7 Å². The maximum atomic E-state index is 13.5. The third-order valence-corrected chi connectivity index (χ3v) is 8.24. The number of aryl methyl sites for hydroxylation is 2. The summed E-state index contributed by atoms with van der Waals surface area (Å²) in [5, 5.41) is 5.72. The normalized spacial score (nSPS) is 21.0. The summed E-state index contributed by atoms with van der Waals surface area (Å²) >= 11 is 0. The number of rotatable bonds is 5. The second-order valence-electron chi connectivity index (χ2n) is 8.57. The van der Waals surface area contributed by atoms with E-state index in [-0.39, 0.29) is 23.3 Å². The van der Waals surface area contributed by atoms with Crippen LogP contribution >= 0.6 is 0 Å². The standard InChI is InChI=1S/C24H29N3O5S/c1-4-17-8-5-6-10-19(17)25-24(29)18-9-7-11-27(14-18)33(30,31)22-13-21-20(12-15(22)2)26-23(28)16(3)32-21/h5-6,8,10,12-13,16,18H,4,7,9,11,14H2,1-3H3,(H,25,29)(H,26,28)/t16-,18-/m1/s1. The number of anilines is 2. The molecule has 33 heavy (non-hydrogen) atoms. The Bertz CT molecular complexity index is 1190. The lowest BCUT2D eigenvalue weighted by atomic mass is 9.98. The first-order chi connectivity index (χ1) is 15.7. The Morgan fingerprint density at radius 1 is 1.27 bits per heavy atom. The summed E-state index contributed by atoms with van der Waals surface area (Å²) in [7, 11) is -3.85. The van der Waals surface area contributed by atoms with Gasteiger partial charge in [-0.1, -0.05) is 25.1 Å². The number of para-hydroxylation sites is 1. The highest BCUT2D eigenvalue weighted by atomic mass is 32.2. The number of ether oxygens (including phenoxy) is 1. The third kappa shape index (κ3) is 4.60. The Hall–Kier alpha value is -2.91. The fraction of sp³-hybridized carbons (Fsp3) is 0.417. The number of nitrogens with zero attached hydrogens (tertiary/aromatic N) is 1. The molecule has 2 aromatic rings. The van der Waals surface area contributed by atoms with Gasteiger partial charge in [0.1, 0.15) is 5.75 Å². The topological polar surface area (TPSA) is 105 Å². The van der Waals surface area contributed by atoms with Crippen LogP contribution in [0.4, 0.5) is 11.4 Å². The van der Waals surface area contributed by atoms with E-state index in [0.29, 0.717) is 36.4 Å². The second kappa shape index (κ2) is 9.15. The van der Waals surface area contributed by atoms with E-state index in [0.717, 1.165) is 17.7 Å². The van der Waals surface area contributed by atoms with Crippen LogP contribution in [0.25, 0.3) is 0 Å². The first kappa shape index (κ1) is 23.3. The molecule has 0 aliphatic carbocycles. The average molecular weight is 472 g/mol. The smallest absolute Gasteiger partial charge is 0.265 e. The Kier molecular flexibility index (Phi) is 6.45. The van der Waals surface area contributed by atoms with Crippen LogP contribution in [0.1, 0.15) is 37.8 Å². The maximum Gasteiger partial charge on any atom is 0.265 e. The third-order valence-electron chi connectivity index (χ3n) is 6.24. The molecule has 1 saturated heterocycles. The molecular formula is C24H29N3O5S. The molecule has 0 bridgehead atoms. The molecule has 4 rings (SSSR count). The highest BCUT2D eigenvalue weighted by Crippen LogP contribution is 2.36. The van der Waals surface area contributed by atoms with Gasteiger partial charge in [0.05, 0.1) is 16.5 Å². The first-order valence-corrected chi connectivity index (χ1v) is 12.7. The van der Waals surface area contributed by atoms with Crippen LogP contribution in [0, 0.1) is 12.8 Å². The van der Waals surface area contributed by atoms with E-state index < -0.39 is 22.0 Å². The van der Waals surface area contributed by atoms with Gasteiger partial charge in [-0.3, -0.25) is 9.59 Å². The SMILES string of the molecule is CCc1ccccc1NC(=O)[C@@H]1CCCN(S(=O)(=O)c2cc3c(cc2C)NC(=O)[C@@H](C)O3)C1. The van der Waals surface area contributed by atoms with E-state index in [2.05, 4.69) is 10.6 Å². The zero-order chi connectivity index (χ0) is 23.8. The van der Waals surface area contributed by atoms with Gasteiger partial charge < -0.3 is 15.4 Å². The van der Waals surface area contributed by atoms with E-state index in [1.165, 1.54) is 10.4 Å². The van der Waals surface area contributed by atoms with Crippen LogP contribution in [0.5, 0.6) is 5.75 Å². The van der Waals surface area contributed by atoms with E-state index in [1.54, 1.807) is 19.9 Å². The number of fused-ring (bicyclic) bond motifs is 1. The minimum atomic E-state index is -3.85. The fourth-order valence-electron chi connectivity index (χ4n) is 4.32. The molecule has 0 saturated carbocycles. The van der Waals surface area contributed by atoms with Crippen molar-refractivity contribution in [2.24, 2.45) is 5.92 Å². The van der Waals surface area contributed by atoms with Gasteiger partial charge in [0.15, 0.2) is 6.10 Å². The molecule has 176 valence electrons. The number of amides is 2. The van der Waals surface area contributed by atoms with E-state index in [1.807, 2.05) is 31.2 Å². The summed E-state index contributed by atoms with van der Waals surface area (Å²) in [6.07, 6.45) is 1.31. The van der Waals surface area contributed by atoms with Gasteiger partial charge in [-0.2, -0.15) is 4.31 Å². The molecule has 2 heterocycles.